The third-order valence-corrected chi connectivity index (χ3v) is 4.45. The standard InChI is InChI=1S/C22H20N2O6/c1-16-12-18(9-10-20(16)24(27)28)22(26)30-15-21(25)23(14-19-8-5-11-29-19)13-17-6-3-2-4-7-17/h2-12H,13-15H2,1H3. The molecule has 154 valence electrons. The number of furan rings is 1. The third-order valence-electron chi connectivity index (χ3n) is 4.45. The molecule has 3 aromatic rings. The van der Waals surface area contributed by atoms with Crippen molar-refractivity contribution < 1.29 is 23.7 Å². The number of hydrogen-bond donors (Lipinski definition) is 0. The molecule has 0 spiro atoms. The van der Waals surface area contributed by atoms with Crippen molar-refractivity contribution in [3.63, 3.8) is 0 Å². The van der Waals surface area contributed by atoms with Crippen molar-refractivity contribution in [2.45, 2.75) is 20.0 Å². The zero-order valence-electron chi connectivity index (χ0n) is 16.3. The summed E-state index contributed by atoms with van der Waals surface area (Å²) in [6, 6.07) is 16.8. The molecule has 0 N–H and O–H groups in total. The van der Waals surface area contributed by atoms with Crippen LogP contribution in [0.25, 0.3) is 0 Å². The molecule has 1 aromatic heterocycles. The van der Waals surface area contributed by atoms with Gasteiger partial charge in [0.15, 0.2) is 6.61 Å². The van der Waals surface area contributed by atoms with Crippen LogP contribution < -0.4 is 0 Å². The Bertz CT molecular complexity index is 1030. The molecule has 0 atom stereocenters. The van der Waals surface area contributed by atoms with Crippen molar-refractivity contribution in [3.8, 4) is 0 Å². The van der Waals surface area contributed by atoms with Crippen LogP contribution in [0.15, 0.2) is 71.3 Å². The van der Waals surface area contributed by atoms with E-state index in [-0.39, 0.29) is 23.7 Å². The van der Waals surface area contributed by atoms with E-state index in [2.05, 4.69) is 0 Å². The first kappa shape index (κ1) is 20.8. The normalized spacial score (nSPS) is 10.4. The van der Waals surface area contributed by atoms with Gasteiger partial charge in [-0.15, -0.1) is 0 Å². The molecular weight excluding hydrogens is 388 g/mol. The number of hydrogen-bond acceptors (Lipinski definition) is 6. The summed E-state index contributed by atoms with van der Waals surface area (Å²) in [5.41, 5.74) is 1.32. The van der Waals surface area contributed by atoms with Gasteiger partial charge in [-0.3, -0.25) is 14.9 Å². The maximum Gasteiger partial charge on any atom is 0.338 e. The van der Waals surface area contributed by atoms with Crippen molar-refractivity contribution in [2.24, 2.45) is 0 Å². The summed E-state index contributed by atoms with van der Waals surface area (Å²) >= 11 is 0. The summed E-state index contributed by atoms with van der Waals surface area (Å²) < 4.78 is 10.5. The van der Waals surface area contributed by atoms with Crippen LogP contribution in [0.1, 0.15) is 27.2 Å². The number of carbonyl (C=O) groups excluding carboxylic acids is 2. The number of rotatable bonds is 8. The quantitative estimate of drug-likeness (QED) is 0.318. The minimum absolute atomic E-state index is 0.0879. The zero-order chi connectivity index (χ0) is 21.5. The van der Waals surface area contributed by atoms with E-state index in [1.807, 2.05) is 30.3 Å². The van der Waals surface area contributed by atoms with Gasteiger partial charge in [-0.25, -0.2) is 4.79 Å². The number of carbonyl (C=O) groups is 2. The molecule has 3 rings (SSSR count). The second kappa shape index (κ2) is 9.51. The summed E-state index contributed by atoms with van der Waals surface area (Å²) in [7, 11) is 0. The second-order valence-corrected chi connectivity index (χ2v) is 6.65. The van der Waals surface area contributed by atoms with Crippen LogP contribution in [0.4, 0.5) is 5.69 Å². The Hall–Kier alpha value is -3.94. The molecule has 0 fully saturated rings. The van der Waals surface area contributed by atoms with Crippen molar-refractivity contribution in [1.82, 2.24) is 4.90 Å². The lowest BCUT2D eigenvalue weighted by Gasteiger charge is -2.21. The summed E-state index contributed by atoms with van der Waals surface area (Å²) in [6.45, 7) is 1.64. The minimum atomic E-state index is -0.723. The first-order valence-corrected chi connectivity index (χ1v) is 9.20. The largest absolute Gasteiger partial charge is 0.467 e. The predicted octanol–water partition coefficient (Wildman–Crippen LogP) is 3.88. The Balaban J connectivity index is 1.66. The molecule has 8 nitrogen and oxygen atoms in total. The maximum atomic E-state index is 12.7. The monoisotopic (exact) mass is 408 g/mol. The molecule has 0 unspecified atom stereocenters. The molecule has 2 aromatic carbocycles. The van der Waals surface area contributed by atoms with E-state index in [0.29, 0.717) is 17.9 Å². The fraction of sp³-hybridized carbons (Fsp3) is 0.182. The molecule has 30 heavy (non-hydrogen) atoms. The number of ether oxygens (including phenoxy) is 1. The number of nitrogens with zero attached hydrogens (tertiary/aromatic N) is 2. The average molecular weight is 408 g/mol. The van der Waals surface area contributed by atoms with Gasteiger partial charge in [0.05, 0.1) is 23.3 Å². The molecule has 8 heteroatoms. The topological polar surface area (TPSA) is 103 Å². The van der Waals surface area contributed by atoms with Crippen molar-refractivity contribution >= 4 is 17.6 Å². The number of nitro benzene ring substituents is 1. The lowest BCUT2D eigenvalue weighted by Crippen LogP contribution is -2.33. The highest BCUT2D eigenvalue weighted by Gasteiger charge is 2.20. The second-order valence-electron chi connectivity index (χ2n) is 6.65. The van der Waals surface area contributed by atoms with E-state index in [4.69, 9.17) is 9.15 Å². The van der Waals surface area contributed by atoms with Gasteiger partial charge in [0.1, 0.15) is 5.76 Å². The fourth-order valence-corrected chi connectivity index (χ4v) is 2.92. The summed E-state index contributed by atoms with van der Waals surface area (Å²) in [5, 5.41) is 10.9. The number of benzene rings is 2. The Morgan fingerprint density at radius 3 is 2.47 bits per heavy atom. The number of esters is 1. The highest BCUT2D eigenvalue weighted by atomic mass is 16.6. The van der Waals surface area contributed by atoms with E-state index in [1.165, 1.54) is 36.3 Å². The molecule has 0 aliphatic heterocycles. The van der Waals surface area contributed by atoms with Gasteiger partial charge in [0.25, 0.3) is 11.6 Å². The van der Waals surface area contributed by atoms with E-state index in [1.54, 1.807) is 12.1 Å². The van der Waals surface area contributed by atoms with Gasteiger partial charge in [-0.1, -0.05) is 30.3 Å². The van der Waals surface area contributed by atoms with Gasteiger partial charge < -0.3 is 14.1 Å². The molecule has 0 radical (unpaired) electrons. The summed E-state index contributed by atoms with van der Waals surface area (Å²) in [6.07, 6.45) is 1.53. The fourth-order valence-electron chi connectivity index (χ4n) is 2.92. The van der Waals surface area contributed by atoms with Gasteiger partial charge in [0.2, 0.25) is 0 Å². The van der Waals surface area contributed by atoms with Gasteiger partial charge in [-0.05, 0) is 36.8 Å². The highest BCUT2D eigenvalue weighted by Crippen LogP contribution is 2.19. The van der Waals surface area contributed by atoms with Crippen molar-refractivity contribution in [2.75, 3.05) is 6.61 Å². The van der Waals surface area contributed by atoms with E-state index >= 15 is 0 Å². The Labute approximate surface area is 172 Å². The van der Waals surface area contributed by atoms with Crippen LogP contribution >= 0.6 is 0 Å². The SMILES string of the molecule is Cc1cc(C(=O)OCC(=O)N(Cc2ccccc2)Cc2ccco2)ccc1[N+](=O)[O-]. The summed E-state index contributed by atoms with van der Waals surface area (Å²) in [4.78, 5) is 36.9. The molecule has 0 aliphatic rings. The Morgan fingerprint density at radius 1 is 1.07 bits per heavy atom. The predicted molar refractivity (Wildman–Crippen MR) is 108 cm³/mol. The van der Waals surface area contributed by atoms with Crippen LogP contribution in [0.5, 0.6) is 0 Å². The third kappa shape index (κ3) is 5.32. The molecule has 0 aliphatic carbocycles. The first-order chi connectivity index (χ1) is 14.4. The van der Waals surface area contributed by atoms with Gasteiger partial charge >= 0.3 is 5.97 Å². The molecular formula is C22H20N2O6. The average Bonchev–Trinajstić information content (AvgIpc) is 3.25. The zero-order valence-corrected chi connectivity index (χ0v) is 16.3. The molecule has 0 saturated heterocycles. The molecule has 0 bridgehead atoms. The number of amides is 1. The van der Waals surface area contributed by atoms with Crippen LogP contribution in [0, 0.1) is 17.0 Å². The van der Waals surface area contributed by atoms with Crippen LogP contribution in [-0.2, 0) is 22.6 Å². The summed E-state index contributed by atoms with van der Waals surface area (Å²) in [5.74, 6) is -0.502. The van der Waals surface area contributed by atoms with Crippen LogP contribution in [0.3, 0.4) is 0 Å². The van der Waals surface area contributed by atoms with Gasteiger partial charge in [-0.2, -0.15) is 0 Å². The molecule has 0 saturated carbocycles. The van der Waals surface area contributed by atoms with Crippen molar-refractivity contribution in [3.05, 3.63) is 99.5 Å². The minimum Gasteiger partial charge on any atom is -0.467 e. The number of aryl methyl sites for hydroxylation is 1. The van der Waals surface area contributed by atoms with Crippen molar-refractivity contribution in [1.29, 1.82) is 0 Å². The molecule has 1 heterocycles. The highest BCUT2D eigenvalue weighted by molar-refractivity contribution is 5.91. The number of nitro groups is 1. The Kier molecular flexibility index (Phi) is 6.59. The maximum absolute atomic E-state index is 12.7. The smallest absolute Gasteiger partial charge is 0.338 e. The lowest BCUT2D eigenvalue weighted by molar-refractivity contribution is -0.385. The lowest BCUT2D eigenvalue weighted by atomic mass is 10.1. The van der Waals surface area contributed by atoms with E-state index in [0.717, 1.165) is 5.56 Å². The van der Waals surface area contributed by atoms with E-state index in [9.17, 15) is 19.7 Å². The molecule has 1 amide bonds. The van der Waals surface area contributed by atoms with E-state index < -0.39 is 17.5 Å². The van der Waals surface area contributed by atoms with Gasteiger partial charge in [0, 0.05) is 18.2 Å². The Morgan fingerprint density at radius 2 is 1.83 bits per heavy atom. The van der Waals surface area contributed by atoms with Crippen LogP contribution in [0.2, 0.25) is 0 Å². The van der Waals surface area contributed by atoms with Crippen LogP contribution in [-0.4, -0.2) is 28.3 Å². The first-order valence-electron chi connectivity index (χ1n) is 9.20.